The van der Waals surface area contributed by atoms with E-state index in [4.69, 9.17) is 16.0 Å². The average molecular weight is 151 g/mol. The minimum absolute atomic E-state index is 0. The minimum Gasteiger partial charge on any atom is 1.00 e. The molecule has 4 nitrogen and oxygen atoms in total. The molecule has 0 aromatic carbocycles. The topological polar surface area (TPSA) is 80.3 Å². The Morgan fingerprint density at radius 1 is 1.33 bits per heavy atom. The second kappa shape index (κ2) is 2.75. The van der Waals surface area contributed by atoms with E-state index >= 15 is 0 Å². The summed E-state index contributed by atoms with van der Waals surface area (Å²) in [7, 11) is 0. The summed E-state index contributed by atoms with van der Waals surface area (Å²) in [6, 6.07) is 0. The number of hydrogen-bond acceptors (Lipinski definition) is 4. The zero-order valence-electron chi connectivity index (χ0n) is 4.04. The molecular formula is HLiO4Se. The van der Waals surface area contributed by atoms with Crippen LogP contribution in [0.15, 0.2) is 0 Å². The molecule has 0 heterocycles. The van der Waals surface area contributed by atoms with Crippen molar-refractivity contribution in [2.45, 2.75) is 0 Å². The first-order valence-electron chi connectivity index (χ1n) is 0.667. The van der Waals surface area contributed by atoms with Gasteiger partial charge in [-0.15, -0.1) is 0 Å². The quantitative estimate of drug-likeness (QED) is 0.323. The molecular weight excluding hydrogens is 150 g/mol. The molecule has 0 atom stereocenters. The van der Waals surface area contributed by atoms with E-state index in [2.05, 4.69) is 0 Å². The Hall–Kier alpha value is 0.637. The first-order valence-corrected chi connectivity index (χ1v) is 3.46. The summed E-state index contributed by atoms with van der Waals surface area (Å²) >= 11 is -5.75. The van der Waals surface area contributed by atoms with E-state index in [0.717, 1.165) is 0 Å². The van der Waals surface area contributed by atoms with E-state index in [0.29, 0.717) is 0 Å². The molecule has 0 bridgehead atoms. The Morgan fingerprint density at radius 2 is 1.33 bits per heavy atom. The van der Waals surface area contributed by atoms with Gasteiger partial charge in [-0.25, -0.2) is 0 Å². The van der Waals surface area contributed by atoms with Gasteiger partial charge in [0.05, 0.1) is 0 Å². The van der Waals surface area contributed by atoms with Crippen LogP contribution in [0.5, 0.6) is 0 Å². The van der Waals surface area contributed by atoms with Gasteiger partial charge < -0.3 is 0 Å². The Bertz CT molecular complexity index is 94.9. The minimum atomic E-state index is -5.75. The average Bonchev–Trinajstić information content (AvgIpc) is 0.722. The molecule has 0 unspecified atom stereocenters. The molecule has 0 rings (SSSR count). The summed E-state index contributed by atoms with van der Waals surface area (Å²) in [6.45, 7) is 0. The summed E-state index contributed by atoms with van der Waals surface area (Å²) in [4.78, 5) is 0. The van der Waals surface area contributed by atoms with E-state index in [1.165, 1.54) is 0 Å². The van der Waals surface area contributed by atoms with Crippen LogP contribution in [0.1, 0.15) is 1.43 Å². The fourth-order valence-corrected chi connectivity index (χ4v) is 0. The molecule has 0 radical (unpaired) electrons. The predicted octanol–water partition coefficient (Wildman–Crippen LogP) is -5.88. The Kier molecular flexibility index (Phi) is 4.50. The largest absolute Gasteiger partial charge is 1.00 e. The maximum Gasteiger partial charge on any atom is 1.00 e. The van der Waals surface area contributed by atoms with Crippen LogP contribution in [0.3, 0.4) is 0 Å². The van der Waals surface area contributed by atoms with Crippen molar-refractivity contribution < 1.29 is 36.3 Å². The van der Waals surface area contributed by atoms with Gasteiger partial charge in [-0.2, -0.15) is 0 Å². The molecule has 32 valence electrons. The van der Waals surface area contributed by atoms with Crippen LogP contribution in [0.25, 0.3) is 0 Å². The molecule has 0 aromatic rings. The monoisotopic (exact) mass is 152 g/mol. The summed E-state index contributed by atoms with van der Waals surface area (Å²) in [5, 5.41) is 0. The van der Waals surface area contributed by atoms with Crippen LogP contribution in [-0.4, -0.2) is 13.4 Å². The third kappa shape index (κ3) is 151. The third-order valence-corrected chi connectivity index (χ3v) is 0. The van der Waals surface area contributed by atoms with Gasteiger partial charge in [0.2, 0.25) is 0 Å². The number of rotatable bonds is 0. The van der Waals surface area contributed by atoms with Crippen molar-refractivity contribution in [3.63, 3.8) is 0 Å². The Balaban J connectivity index is -0.0000000800. The molecule has 6 heteroatoms. The molecule has 0 aliphatic heterocycles. The van der Waals surface area contributed by atoms with E-state index < -0.39 is 13.4 Å². The molecule has 0 aliphatic carbocycles. The summed E-state index contributed by atoms with van der Waals surface area (Å²) in [5.74, 6) is 0. The van der Waals surface area contributed by atoms with Gasteiger partial charge in [0, 0.05) is 0 Å². The normalized spacial score (nSPS) is 9.67. The summed E-state index contributed by atoms with van der Waals surface area (Å²) in [5.41, 5.74) is 0. The van der Waals surface area contributed by atoms with Crippen molar-refractivity contribution in [1.82, 2.24) is 0 Å². The fourth-order valence-electron chi connectivity index (χ4n) is 0. The Labute approximate surface area is 50.1 Å². The van der Waals surface area contributed by atoms with Crippen molar-refractivity contribution >= 4 is 13.4 Å². The molecule has 0 amide bonds. The van der Waals surface area contributed by atoms with E-state index in [1.54, 1.807) is 0 Å². The molecule has 0 N–H and O–H groups in total. The smallest absolute Gasteiger partial charge is 1.00 e. The maximum absolute atomic E-state index is 8.59. The second-order valence-electron chi connectivity index (χ2n) is 0.408. The first-order chi connectivity index (χ1) is 2.00. The van der Waals surface area contributed by atoms with Crippen molar-refractivity contribution in [2.24, 2.45) is 0 Å². The fraction of sp³-hybridized carbons (Fsp3) is 0. The Morgan fingerprint density at radius 3 is 1.33 bits per heavy atom. The van der Waals surface area contributed by atoms with Crippen LogP contribution in [0, 0.1) is 0 Å². The van der Waals surface area contributed by atoms with Crippen LogP contribution in [0.4, 0.5) is 0 Å². The van der Waals surface area contributed by atoms with Gasteiger partial charge in [-0.3, -0.25) is 0 Å². The molecule has 0 aromatic heterocycles. The summed E-state index contributed by atoms with van der Waals surface area (Å²) < 4.78 is 34.4. The van der Waals surface area contributed by atoms with Gasteiger partial charge in [0.25, 0.3) is 0 Å². The van der Waals surface area contributed by atoms with E-state index in [-0.39, 0.29) is 20.3 Å². The van der Waals surface area contributed by atoms with Gasteiger partial charge in [0.15, 0.2) is 0 Å². The maximum atomic E-state index is 8.59. The van der Waals surface area contributed by atoms with Crippen molar-refractivity contribution in [1.29, 1.82) is 0 Å². The van der Waals surface area contributed by atoms with Gasteiger partial charge in [-0.1, -0.05) is 0 Å². The van der Waals surface area contributed by atoms with Gasteiger partial charge >= 0.3 is 49.7 Å². The predicted molar refractivity (Wildman–Crippen MR) is 8.24 cm³/mol. The van der Waals surface area contributed by atoms with E-state index in [9.17, 15) is 0 Å². The van der Waals surface area contributed by atoms with Crippen LogP contribution in [-0.2, 0) is 7.67 Å². The van der Waals surface area contributed by atoms with Crippen LogP contribution in [0.2, 0.25) is 0 Å². The van der Waals surface area contributed by atoms with Crippen molar-refractivity contribution in [3.8, 4) is 0 Å². The second-order valence-corrected chi connectivity index (χ2v) is 2.12. The van der Waals surface area contributed by atoms with Crippen molar-refractivity contribution in [2.75, 3.05) is 0 Å². The SMILES string of the molecule is O=[Se](=O)([O-])[O-].[H+].[Li+]. The standard InChI is InChI=1S/Li.H2O4Se/c;1-5(2,3)4/h;(H2,1,2,3,4)/q+1;/p-1. The first kappa shape index (κ1) is 9.81. The van der Waals surface area contributed by atoms with Crippen LogP contribution >= 0.6 is 0 Å². The summed E-state index contributed by atoms with van der Waals surface area (Å²) in [6.07, 6.45) is 0. The van der Waals surface area contributed by atoms with Gasteiger partial charge in [-0.05, 0) is 0 Å². The van der Waals surface area contributed by atoms with E-state index in [1.807, 2.05) is 0 Å². The van der Waals surface area contributed by atoms with Crippen molar-refractivity contribution in [3.05, 3.63) is 0 Å². The van der Waals surface area contributed by atoms with Crippen LogP contribution < -0.4 is 27.2 Å². The zero-order valence-corrected chi connectivity index (χ0v) is 4.75. The molecule has 0 spiro atoms. The molecule has 0 aliphatic rings. The van der Waals surface area contributed by atoms with Gasteiger partial charge in [0.1, 0.15) is 0 Å². The zero-order chi connectivity index (χ0) is 4.50. The third-order valence-electron chi connectivity index (χ3n) is 0. The molecule has 6 heavy (non-hydrogen) atoms. The molecule has 0 fully saturated rings. The number of hydrogen-bond donors (Lipinski definition) is 0. The molecule has 0 saturated carbocycles. The molecule has 0 saturated heterocycles.